The van der Waals surface area contributed by atoms with Crippen LogP contribution in [0, 0.1) is 5.41 Å². The molecule has 0 amide bonds. The lowest BCUT2D eigenvalue weighted by molar-refractivity contribution is -0.137. The monoisotopic (exact) mass is 300 g/mol. The molecule has 21 heavy (non-hydrogen) atoms. The van der Waals surface area contributed by atoms with Crippen molar-refractivity contribution in [1.82, 2.24) is 0 Å². The molecule has 1 spiro atoms. The zero-order valence-corrected chi connectivity index (χ0v) is 11.7. The summed E-state index contributed by atoms with van der Waals surface area (Å²) in [5.41, 5.74) is 6.69. The summed E-state index contributed by atoms with van der Waals surface area (Å²) in [6.45, 7) is 3.45. The second kappa shape index (κ2) is 5.18. The van der Waals surface area contributed by atoms with Gasteiger partial charge >= 0.3 is 6.18 Å². The predicted molar refractivity (Wildman–Crippen MR) is 74.0 cm³/mol. The molecular formula is C15H19F3N2O. The Morgan fingerprint density at radius 2 is 1.86 bits per heavy atom. The molecule has 0 aliphatic carbocycles. The van der Waals surface area contributed by atoms with E-state index in [1.54, 1.807) is 6.07 Å². The highest BCUT2D eigenvalue weighted by atomic mass is 19.4. The Morgan fingerprint density at radius 3 is 2.43 bits per heavy atom. The van der Waals surface area contributed by atoms with Gasteiger partial charge in [-0.25, -0.2) is 0 Å². The van der Waals surface area contributed by atoms with Crippen LogP contribution in [0.1, 0.15) is 24.0 Å². The van der Waals surface area contributed by atoms with E-state index in [0.29, 0.717) is 5.56 Å². The highest BCUT2D eigenvalue weighted by Gasteiger charge is 2.44. The first-order valence-corrected chi connectivity index (χ1v) is 7.16. The average Bonchev–Trinajstić information content (AvgIpc) is 2.44. The largest absolute Gasteiger partial charge is 0.416 e. The van der Waals surface area contributed by atoms with Gasteiger partial charge in [0.1, 0.15) is 0 Å². The lowest BCUT2D eigenvalue weighted by Crippen LogP contribution is -2.58. The Morgan fingerprint density at radius 1 is 1.19 bits per heavy atom. The summed E-state index contributed by atoms with van der Waals surface area (Å²) in [7, 11) is 0. The van der Waals surface area contributed by atoms with Crippen molar-refractivity contribution in [1.29, 1.82) is 0 Å². The van der Waals surface area contributed by atoms with Gasteiger partial charge in [-0.1, -0.05) is 0 Å². The van der Waals surface area contributed by atoms with Gasteiger partial charge in [-0.2, -0.15) is 13.2 Å². The zero-order valence-electron chi connectivity index (χ0n) is 11.7. The Balaban J connectivity index is 1.77. The maximum atomic E-state index is 12.8. The standard InChI is InChI=1S/C15H19F3N2O/c16-15(17,18)12-1-2-13(11(7-12)8-19)20-9-14(10-20)3-5-21-6-4-14/h1-2,7H,3-6,8-10,19H2. The van der Waals surface area contributed by atoms with Crippen LogP contribution in [0.3, 0.4) is 0 Å². The fraction of sp³-hybridized carbons (Fsp3) is 0.600. The summed E-state index contributed by atoms with van der Waals surface area (Å²) >= 11 is 0. The summed E-state index contributed by atoms with van der Waals surface area (Å²) in [6, 6.07) is 3.87. The molecule has 0 saturated carbocycles. The molecular weight excluding hydrogens is 281 g/mol. The minimum Gasteiger partial charge on any atom is -0.381 e. The van der Waals surface area contributed by atoms with Crippen molar-refractivity contribution in [3.05, 3.63) is 29.3 Å². The topological polar surface area (TPSA) is 38.5 Å². The molecule has 6 heteroatoms. The molecule has 2 heterocycles. The van der Waals surface area contributed by atoms with Gasteiger partial charge in [-0.15, -0.1) is 0 Å². The van der Waals surface area contributed by atoms with Crippen LogP contribution in [0.15, 0.2) is 18.2 Å². The summed E-state index contributed by atoms with van der Waals surface area (Å²) in [6.07, 6.45) is -2.26. The smallest absolute Gasteiger partial charge is 0.381 e. The Kier molecular flexibility index (Phi) is 3.61. The van der Waals surface area contributed by atoms with Crippen LogP contribution in [0.5, 0.6) is 0 Å². The van der Waals surface area contributed by atoms with Gasteiger partial charge in [0.2, 0.25) is 0 Å². The molecule has 2 N–H and O–H groups in total. The molecule has 2 fully saturated rings. The molecule has 0 bridgehead atoms. The highest BCUT2D eigenvalue weighted by molar-refractivity contribution is 5.58. The van der Waals surface area contributed by atoms with E-state index in [2.05, 4.69) is 4.90 Å². The van der Waals surface area contributed by atoms with E-state index < -0.39 is 11.7 Å². The third-order valence-electron chi connectivity index (χ3n) is 4.57. The Labute approximate surface area is 121 Å². The van der Waals surface area contributed by atoms with Crippen LogP contribution in [-0.4, -0.2) is 26.3 Å². The molecule has 0 radical (unpaired) electrons. The first kappa shape index (κ1) is 14.7. The lowest BCUT2D eigenvalue weighted by atomic mass is 9.73. The van der Waals surface area contributed by atoms with E-state index in [-0.39, 0.29) is 12.0 Å². The SMILES string of the molecule is NCc1cc(C(F)(F)F)ccc1N1CC2(CCOCC2)C1. The first-order chi connectivity index (χ1) is 9.93. The summed E-state index contributed by atoms with van der Waals surface area (Å²) in [5, 5.41) is 0. The van der Waals surface area contributed by atoms with E-state index in [9.17, 15) is 13.2 Å². The molecule has 2 aliphatic rings. The molecule has 116 valence electrons. The number of alkyl halides is 3. The van der Waals surface area contributed by atoms with Crippen molar-refractivity contribution in [3.63, 3.8) is 0 Å². The lowest BCUT2D eigenvalue weighted by Gasteiger charge is -2.53. The predicted octanol–water partition coefficient (Wildman–Crippen LogP) is 2.78. The van der Waals surface area contributed by atoms with Crippen molar-refractivity contribution in [2.45, 2.75) is 25.6 Å². The molecule has 1 aromatic rings. The highest BCUT2D eigenvalue weighted by Crippen LogP contribution is 2.43. The van der Waals surface area contributed by atoms with Crippen LogP contribution in [0.4, 0.5) is 18.9 Å². The maximum Gasteiger partial charge on any atom is 0.416 e. The first-order valence-electron chi connectivity index (χ1n) is 7.16. The van der Waals surface area contributed by atoms with Crippen LogP contribution >= 0.6 is 0 Å². The van der Waals surface area contributed by atoms with Gasteiger partial charge in [0.25, 0.3) is 0 Å². The van der Waals surface area contributed by atoms with Crippen LogP contribution in [0.25, 0.3) is 0 Å². The fourth-order valence-electron chi connectivity index (χ4n) is 3.29. The third-order valence-corrected chi connectivity index (χ3v) is 4.57. The van der Waals surface area contributed by atoms with Crippen molar-refractivity contribution in [2.24, 2.45) is 11.1 Å². The number of anilines is 1. The van der Waals surface area contributed by atoms with Crippen LogP contribution in [0.2, 0.25) is 0 Å². The van der Waals surface area contributed by atoms with Crippen molar-refractivity contribution in [3.8, 4) is 0 Å². The molecule has 3 nitrogen and oxygen atoms in total. The van der Waals surface area contributed by atoms with E-state index in [0.717, 1.165) is 50.9 Å². The van der Waals surface area contributed by atoms with E-state index >= 15 is 0 Å². The number of hydrogen-bond acceptors (Lipinski definition) is 3. The summed E-state index contributed by atoms with van der Waals surface area (Å²) in [5.74, 6) is 0. The van der Waals surface area contributed by atoms with Crippen molar-refractivity contribution < 1.29 is 17.9 Å². The quantitative estimate of drug-likeness (QED) is 0.913. The van der Waals surface area contributed by atoms with E-state index in [4.69, 9.17) is 10.5 Å². The van der Waals surface area contributed by atoms with Crippen molar-refractivity contribution >= 4 is 5.69 Å². The second-order valence-electron chi connectivity index (χ2n) is 6.01. The van der Waals surface area contributed by atoms with Gasteiger partial charge < -0.3 is 15.4 Å². The molecule has 3 rings (SSSR count). The fourth-order valence-corrected chi connectivity index (χ4v) is 3.29. The third kappa shape index (κ3) is 2.74. The van der Waals surface area contributed by atoms with Gasteiger partial charge in [0.05, 0.1) is 5.56 Å². The Hall–Kier alpha value is -1.27. The van der Waals surface area contributed by atoms with Gasteiger partial charge in [0.15, 0.2) is 0 Å². The van der Waals surface area contributed by atoms with Gasteiger partial charge in [0, 0.05) is 44.0 Å². The molecule has 2 saturated heterocycles. The number of ether oxygens (including phenoxy) is 1. The van der Waals surface area contributed by atoms with Gasteiger partial charge in [-0.05, 0) is 36.6 Å². The number of rotatable bonds is 2. The van der Waals surface area contributed by atoms with Gasteiger partial charge in [-0.3, -0.25) is 0 Å². The Bertz CT molecular complexity index is 516. The minimum atomic E-state index is -4.32. The van der Waals surface area contributed by atoms with Crippen molar-refractivity contribution in [2.75, 3.05) is 31.2 Å². The number of nitrogens with zero attached hydrogens (tertiary/aromatic N) is 1. The average molecular weight is 300 g/mol. The maximum absolute atomic E-state index is 12.8. The summed E-state index contributed by atoms with van der Waals surface area (Å²) < 4.78 is 43.6. The molecule has 1 aromatic carbocycles. The van der Waals surface area contributed by atoms with E-state index in [1.165, 1.54) is 6.07 Å². The number of halogens is 3. The molecule has 0 atom stereocenters. The normalized spacial score (nSPS) is 21.4. The number of hydrogen-bond donors (Lipinski definition) is 1. The summed E-state index contributed by atoms with van der Waals surface area (Å²) in [4.78, 5) is 2.13. The molecule has 2 aliphatic heterocycles. The van der Waals surface area contributed by atoms with Crippen LogP contribution in [-0.2, 0) is 17.5 Å². The molecule has 0 unspecified atom stereocenters. The zero-order chi connectivity index (χ0) is 15.1. The minimum absolute atomic E-state index is 0.117. The van der Waals surface area contributed by atoms with E-state index in [1.807, 2.05) is 0 Å². The molecule has 0 aromatic heterocycles. The van der Waals surface area contributed by atoms with Crippen LogP contribution < -0.4 is 10.6 Å². The second-order valence-corrected chi connectivity index (χ2v) is 6.01. The number of benzene rings is 1. The number of nitrogens with two attached hydrogens (primary N) is 1.